The van der Waals surface area contributed by atoms with E-state index in [0.717, 1.165) is 6.42 Å². The largest absolute Gasteiger partial charge is 0.479 e. The van der Waals surface area contributed by atoms with Crippen LogP contribution in [-0.2, 0) is 20.7 Å². The molecule has 0 aliphatic heterocycles. The van der Waals surface area contributed by atoms with Gasteiger partial charge in [0.2, 0.25) is 0 Å². The van der Waals surface area contributed by atoms with Gasteiger partial charge < -0.3 is 14.8 Å². The molecule has 2 aromatic carbocycles. The number of esters is 1. The molecule has 2 aromatic rings. The van der Waals surface area contributed by atoms with Gasteiger partial charge in [-0.3, -0.25) is 4.79 Å². The van der Waals surface area contributed by atoms with E-state index < -0.39 is 18.2 Å². The molecule has 0 spiro atoms. The van der Waals surface area contributed by atoms with E-state index in [0.29, 0.717) is 11.4 Å². The summed E-state index contributed by atoms with van der Waals surface area (Å²) in [6.45, 7) is 5.18. The molecule has 0 saturated heterocycles. The number of amides is 1. The monoisotopic (exact) mass is 341 g/mol. The Morgan fingerprint density at radius 1 is 0.960 bits per heavy atom. The number of hydrogen-bond donors (Lipinski definition) is 1. The molecule has 0 aliphatic carbocycles. The van der Waals surface area contributed by atoms with E-state index in [1.165, 1.54) is 12.5 Å². The van der Waals surface area contributed by atoms with Gasteiger partial charge in [0.05, 0.1) is 0 Å². The number of aryl methyl sites for hydroxylation is 1. The van der Waals surface area contributed by atoms with E-state index in [1.54, 1.807) is 19.1 Å². The van der Waals surface area contributed by atoms with Gasteiger partial charge in [-0.15, -0.1) is 0 Å². The average molecular weight is 341 g/mol. The lowest BCUT2D eigenvalue weighted by atomic mass is 10.1. The second-order valence-corrected chi connectivity index (χ2v) is 5.69. The maximum absolute atomic E-state index is 12.2. The molecule has 2 atom stereocenters. The number of ether oxygens (including phenoxy) is 2. The van der Waals surface area contributed by atoms with Crippen molar-refractivity contribution in [2.24, 2.45) is 0 Å². The molecule has 2 rings (SSSR count). The topological polar surface area (TPSA) is 64.6 Å². The van der Waals surface area contributed by atoms with Gasteiger partial charge >= 0.3 is 5.97 Å². The summed E-state index contributed by atoms with van der Waals surface area (Å²) >= 11 is 0. The van der Waals surface area contributed by atoms with Gasteiger partial charge in [0, 0.05) is 5.69 Å². The number of nitrogens with one attached hydrogen (secondary N) is 1. The zero-order valence-corrected chi connectivity index (χ0v) is 14.7. The molecule has 5 nitrogen and oxygen atoms in total. The van der Waals surface area contributed by atoms with Crippen LogP contribution in [0, 0.1) is 0 Å². The Hall–Kier alpha value is -2.82. The molecule has 5 heteroatoms. The standard InChI is InChI=1S/C20H23NO4/c1-4-16-10-12-17(13-11-16)21-19(22)14(2)25-20(23)15(3)24-18-8-6-5-7-9-18/h5-15H,4H2,1-3H3,(H,21,22)/t14-,15-/m1/s1. The fourth-order valence-corrected chi connectivity index (χ4v) is 2.14. The first-order chi connectivity index (χ1) is 12.0. The molecule has 0 unspecified atom stereocenters. The highest BCUT2D eigenvalue weighted by Gasteiger charge is 2.23. The summed E-state index contributed by atoms with van der Waals surface area (Å²) in [6.07, 6.45) is -0.789. The number of carbonyl (C=O) groups excluding carboxylic acids is 2. The summed E-state index contributed by atoms with van der Waals surface area (Å²) in [6, 6.07) is 16.5. The van der Waals surface area contributed by atoms with E-state index in [2.05, 4.69) is 12.2 Å². The van der Waals surface area contributed by atoms with Crippen molar-refractivity contribution in [1.29, 1.82) is 0 Å². The number of para-hydroxylation sites is 1. The minimum absolute atomic E-state index is 0.385. The molecule has 0 radical (unpaired) electrons. The van der Waals surface area contributed by atoms with Crippen molar-refractivity contribution < 1.29 is 19.1 Å². The van der Waals surface area contributed by atoms with Gasteiger partial charge in [0.25, 0.3) is 5.91 Å². The van der Waals surface area contributed by atoms with Crippen LogP contribution in [0.4, 0.5) is 5.69 Å². The van der Waals surface area contributed by atoms with Gasteiger partial charge in [-0.2, -0.15) is 0 Å². The SMILES string of the molecule is CCc1ccc(NC(=O)[C@@H](C)OC(=O)[C@@H](C)Oc2ccccc2)cc1. The molecule has 1 amide bonds. The molecular formula is C20H23NO4. The first-order valence-electron chi connectivity index (χ1n) is 8.31. The quantitative estimate of drug-likeness (QED) is 0.782. The second kappa shape index (κ2) is 8.87. The van der Waals surface area contributed by atoms with E-state index >= 15 is 0 Å². The molecule has 0 fully saturated rings. The van der Waals surface area contributed by atoms with E-state index in [1.807, 2.05) is 42.5 Å². The van der Waals surface area contributed by atoms with E-state index in [-0.39, 0.29) is 5.91 Å². The normalized spacial score (nSPS) is 12.8. The number of carbonyl (C=O) groups is 2. The minimum Gasteiger partial charge on any atom is -0.479 e. The fourth-order valence-electron chi connectivity index (χ4n) is 2.14. The van der Waals surface area contributed by atoms with Crippen molar-refractivity contribution in [3.05, 3.63) is 60.2 Å². The maximum Gasteiger partial charge on any atom is 0.347 e. The Kier molecular flexibility index (Phi) is 6.57. The summed E-state index contributed by atoms with van der Waals surface area (Å²) in [4.78, 5) is 24.2. The highest BCUT2D eigenvalue weighted by atomic mass is 16.6. The van der Waals surface area contributed by atoms with Crippen LogP contribution >= 0.6 is 0 Å². The average Bonchev–Trinajstić information content (AvgIpc) is 2.63. The van der Waals surface area contributed by atoms with Crippen molar-refractivity contribution >= 4 is 17.6 Å². The second-order valence-electron chi connectivity index (χ2n) is 5.69. The third kappa shape index (κ3) is 5.64. The van der Waals surface area contributed by atoms with Crippen LogP contribution in [0.25, 0.3) is 0 Å². The lowest BCUT2D eigenvalue weighted by Gasteiger charge is -2.17. The summed E-state index contributed by atoms with van der Waals surface area (Å²) < 4.78 is 10.7. The van der Waals surface area contributed by atoms with Crippen molar-refractivity contribution in [3.8, 4) is 5.75 Å². The Balaban J connectivity index is 1.85. The molecule has 25 heavy (non-hydrogen) atoms. The zero-order chi connectivity index (χ0) is 18.2. The Morgan fingerprint density at radius 3 is 2.20 bits per heavy atom. The molecule has 1 N–H and O–H groups in total. The number of rotatable bonds is 7. The van der Waals surface area contributed by atoms with Crippen LogP contribution in [0.2, 0.25) is 0 Å². The Labute approximate surface area is 148 Å². The smallest absolute Gasteiger partial charge is 0.347 e. The summed E-state index contributed by atoms with van der Waals surface area (Å²) in [5, 5.41) is 2.73. The van der Waals surface area contributed by atoms with Gasteiger partial charge in [0.15, 0.2) is 12.2 Å². The molecular weight excluding hydrogens is 318 g/mol. The lowest BCUT2D eigenvalue weighted by Crippen LogP contribution is -2.35. The molecule has 0 aromatic heterocycles. The molecule has 132 valence electrons. The fraction of sp³-hybridized carbons (Fsp3) is 0.300. The molecule has 0 heterocycles. The Morgan fingerprint density at radius 2 is 1.60 bits per heavy atom. The number of anilines is 1. The first-order valence-corrected chi connectivity index (χ1v) is 8.31. The third-order valence-electron chi connectivity index (χ3n) is 3.68. The van der Waals surface area contributed by atoms with Crippen molar-refractivity contribution in [3.63, 3.8) is 0 Å². The molecule has 0 saturated carbocycles. The van der Waals surface area contributed by atoms with E-state index in [9.17, 15) is 9.59 Å². The predicted octanol–water partition coefficient (Wildman–Crippen LogP) is 3.59. The summed E-state index contributed by atoms with van der Waals surface area (Å²) in [5.74, 6) is -0.405. The van der Waals surface area contributed by atoms with Crippen molar-refractivity contribution in [2.75, 3.05) is 5.32 Å². The van der Waals surface area contributed by atoms with Gasteiger partial charge in [0.1, 0.15) is 5.75 Å². The summed E-state index contributed by atoms with van der Waals surface area (Å²) in [5.41, 5.74) is 1.85. The summed E-state index contributed by atoms with van der Waals surface area (Å²) in [7, 11) is 0. The van der Waals surface area contributed by atoms with Crippen LogP contribution in [0.1, 0.15) is 26.3 Å². The van der Waals surface area contributed by atoms with Crippen LogP contribution < -0.4 is 10.1 Å². The van der Waals surface area contributed by atoms with Crippen LogP contribution in [0.3, 0.4) is 0 Å². The van der Waals surface area contributed by atoms with Crippen molar-refractivity contribution in [1.82, 2.24) is 0 Å². The lowest BCUT2D eigenvalue weighted by molar-refractivity contribution is -0.159. The van der Waals surface area contributed by atoms with Crippen LogP contribution in [-0.4, -0.2) is 24.1 Å². The minimum atomic E-state index is -0.917. The Bertz CT molecular complexity index is 697. The van der Waals surface area contributed by atoms with E-state index in [4.69, 9.17) is 9.47 Å². The van der Waals surface area contributed by atoms with Crippen LogP contribution in [0.5, 0.6) is 5.75 Å². The first kappa shape index (κ1) is 18.5. The molecule has 0 bridgehead atoms. The van der Waals surface area contributed by atoms with Crippen LogP contribution in [0.15, 0.2) is 54.6 Å². The van der Waals surface area contributed by atoms with Gasteiger partial charge in [-0.25, -0.2) is 4.79 Å². The van der Waals surface area contributed by atoms with Gasteiger partial charge in [-0.1, -0.05) is 37.3 Å². The number of hydrogen-bond acceptors (Lipinski definition) is 4. The number of benzene rings is 2. The highest BCUT2D eigenvalue weighted by Crippen LogP contribution is 2.13. The highest BCUT2D eigenvalue weighted by molar-refractivity contribution is 5.95. The van der Waals surface area contributed by atoms with Crippen molar-refractivity contribution in [2.45, 2.75) is 39.4 Å². The predicted molar refractivity (Wildman–Crippen MR) is 96.5 cm³/mol. The zero-order valence-electron chi connectivity index (χ0n) is 14.7. The third-order valence-corrected chi connectivity index (χ3v) is 3.68. The maximum atomic E-state index is 12.2. The molecule has 0 aliphatic rings. The van der Waals surface area contributed by atoms with Gasteiger partial charge in [-0.05, 0) is 50.1 Å².